The average Bonchev–Trinajstić information content (AvgIpc) is 2.62. The first-order chi connectivity index (χ1) is 6.72. The Hall–Kier alpha value is -0.540. The zero-order chi connectivity index (χ0) is 10.1. The van der Waals surface area contributed by atoms with Crippen molar-refractivity contribution < 1.29 is 4.74 Å². The molecule has 1 atom stereocenters. The van der Waals surface area contributed by atoms with E-state index in [0.29, 0.717) is 0 Å². The fourth-order valence-electron chi connectivity index (χ4n) is 1.79. The standard InChI is InChI=1S/C11H14BrNO/c1-2-10(13)9-6-8(12)5-7-3-4-14-11(7)9/h5-6,10H,2-4,13H2,1H3/t10-/m0/s1. The van der Waals surface area contributed by atoms with Gasteiger partial charge in [0.25, 0.3) is 0 Å². The Kier molecular flexibility index (Phi) is 2.79. The fourth-order valence-corrected chi connectivity index (χ4v) is 2.32. The van der Waals surface area contributed by atoms with Gasteiger partial charge < -0.3 is 10.5 Å². The Bertz CT molecular complexity index is 351. The van der Waals surface area contributed by atoms with E-state index in [1.54, 1.807) is 0 Å². The van der Waals surface area contributed by atoms with Crippen molar-refractivity contribution >= 4 is 15.9 Å². The van der Waals surface area contributed by atoms with Crippen LogP contribution in [0.5, 0.6) is 5.75 Å². The number of fused-ring (bicyclic) bond motifs is 1. The SMILES string of the molecule is CC[C@H](N)c1cc(Br)cc2c1OCC2. The summed E-state index contributed by atoms with van der Waals surface area (Å²) in [6.45, 7) is 2.88. The third-order valence-corrected chi connectivity index (χ3v) is 3.07. The molecule has 0 aliphatic carbocycles. The molecule has 0 aromatic heterocycles. The van der Waals surface area contributed by atoms with Gasteiger partial charge in [-0.05, 0) is 24.1 Å². The van der Waals surface area contributed by atoms with Gasteiger partial charge in [0.1, 0.15) is 5.75 Å². The predicted molar refractivity (Wildman–Crippen MR) is 60.6 cm³/mol. The highest BCUT2D eigenvalue weighted by molar-refractivity contribution is 9.10. The molecule has 1 heterocycles. The van der Waals surface area contributed by atoms with E-state index in [1.165, 1.54) is 5.56 Å². The van der Waals surface area contributed by atoms with Crippen molar-refractivity contribution in [3.63, 3.8) is 0 Å². The molecule has 2 nitrogen and oxygen atoms in total. The fraction of sp³-hybridized carbons (Fsp3) is 0.455. The number of hydrogen-bond acceptors (Lipinski definition) is 2. The zero-order valence-electron chi connectivity index (χ0n) is 8.22. The molecular formula is C11H14BrNO. The Balaban J connectivity index is 2.48. The quantitative estimate of drug-likeness (QED) is 0.883. The Labute approximate surface area is 92.6 Å². The first-order valence-corrected chi connectivity index (χ1v) is 5.72. The van der Waals surface area contributed by atoms with Crippen LogP contribution in [0.2, 0.25) is 0 Å². The normalized spacial score (nSPS) is 16.2. The van der Waals surface area contributed by atoms with Gasteiger partial charge in [-0.1, -0.05) is 22.9 Å². The molecule has 3 heteroatoms. The maximum Gasteiger partial charge on any atom is 0.127 e. The molecule has 0 radical (unpaired) electrons. The Morgan fingerprint density at radius 3 is 3.07 bits per heavy atom. The van der Waals surface area contributed by atoms with E-state index < -0.39 is 0 Å². The van der Waals surface area contributed by atoms with Crippen LogP contribution in [-0.2, 0) is 6.42 Å². The predicted octanol–water partition coefficient (Wildman–Crippen LogP) is 2.79. The van der Waals surface area contributed by atoms with E-state index in [-0.39, 0.29) is 6.04 Å². The summed E-state index contributed by atoms with van der Waals surface area (Å²) in [6.07, 6.45) is 1.93. The molecule has 0 spiro atoms. The maximum absolute atomic E-state index is 6.04. The van der Waals surface area contributed by atoms with Crippen LogP contribution < -0.4 is 10.5 Å². The first kappa shape index (κ1) is 9.99. The van der Waals surface area contributed by atoms with Gasteiger partial charge in [-0.3, -0.25) is 0 Å². The zero-order valence-corrected chi connectivity index (χ0v) is 9.80. The highest BCUT2D eigenvalue weighted by Gasteiger charge is 2.20. The van der Waals surface area contributed by atoms with Crippen molar-refractivity contribution in [1.29, 1.82) is 0 Å². The second kappa shape index (κ2) is 3.91. The van der Waals surface area contributed by atoms with E-state index in [2.05, 4.69) is 35.0 Å². The topological polar surface area (TPSA) is 35.2 Å². The third kappa shape index (κ3) is 1.66. The maximum atomic E-state index is 6.04. The lowest BCUT2D eigenvalue weighted by Crippen LogP contribution is -2.10. The lowest BCUT2D eigenvalue weighted by molar-refractivity contribution is 0.351. The van der Waals surface area contributed by atoms with Crippen LogP contribution in [0.25, 0.3) is 0 Å². The molecule has 1 aliphatic rings. The lowest BCUT2D eigenvalue weighted by Gasteiger charge is -2.14. The molecule has 2 rings (SSSR count). The summed E-state index contributed by atoms with van der Waals surface area (Å²) in [5.74, 6) is 1.02. The summed E-state index contributed by atoms with van der Waals surface area (Å²) in [6, 6.07) is 4.27. The molecule has 0 saturated carbocycles. The summed E-state index contributed by atoms with van der Waals surface area (Å²) in [5, 5.41) is 0. The monoisotopic (exact) mass is 255 g/mol. The second-order valence-corrected chi connectivity index (χ2v) is 4.51. The van der Waals surface area contributed by atoms with Gasteiger partial charge in [-0.15, -0.1) is 0 Å². The molecule has 0 fully saturated rings. The van der Waals surface area contributed by atoms with Gasteiger partial charge in [0.15, 0.2) is 0 Å². The van der Waals surface area contributed by atoms with Crippen molar-refractivity contribution in [1.82, 2.24) is 0 Å². The number of halogens is 1. The van der Waals surface area contributed by atoms with Crippen molar-refractivity contribution in [3.05, 3.63) is 27.7 Å². The van der Waals surface area contributed by atoms with Gasteiger partial charge in [-0.25, -0.2) is 0 Å². The number of hydrogen-bond donors (Lipinski definition) is 1. The van der Waals surface area contributed by atoms with Crippen molar-refractivity contribution in [2.45, 2.75) is 25.8 Å². The molecule has 1 aromatic rings. The van der Waals surface area contributed by atoms with Gasteiger partial charge >= 0.3 is 0 Å². The highest BCUT2D eigenvalue weighted by Crippen LogP contribution is 2.36. The number of nitrogens with two attached hydrogens (primary N) is 1. The van der Waals surface area contributed by atoms with Crippen LogP contribution in [0.4, 0.5) is 0 Å². The van der Waals surface area contributed by atoms with E-state index in [9.17, 15) is 0 Å². The summed E-state index contributed by atoms with van der Waals surface area (Å²) in [5.41, 5.74) is 8.45. The minimum absolute atomic E-state index is 0.0827. The minimum Gasteiger partial charge on any atom is -0.493 e. The van der Waals surface area contributed by atoms with E-state index in [0.717, 1.165) is 35.2 Å². The van der Waals surface area contributed by atoms with Gasteiger partial charge in [0, 0.05) is 22.5 Å². The molecule has 14 heavy (non-hydrogen) atoms. The second-order valence-electron chi connectivity index (χ2n) is 3.60. The first-order valence-electron chi connectivity index (χ1n) is 4.93. The number of rotatable bonds is 2. The molecule has 0 unspecified atom stereocenters. The van der Waals surface area contributed by atoms with Crippen LogP contribution in [0.1, 0.15) is 30.5 Å². The Morgan fingerprint density at radius 1 is 1.57 bits per heavy atom. The number of benzene rings is 1. The number of ether oxygens (including phenoxy) is 1. The summed E-state index contributed by atoms with van der Waals surface area (Å²) in [4.78, 5) is 0. The lowest BCUT2D eigenvalue weighted by atomic mass is 10.0. The summed E-state index contributed by atoms with van der Waals surface area (Å²) < 4.78 is 6.70. The van der Waals surface area contributed by atoms with Crippen molar-refractivity contribution in [3.8, 4) is 5.75 Å². The van der Waals surface area contributed by atoms with Crippen LogP contribution in [0.3, 0.4) is 0 Å². The van der Waals surface area contributed by atoms with Crippen LogP contribution in [-0.4, -0.2) is 6.61 Å². The molecule has 0 amide bonds. The molecule has 2 N–H and O–H groups in total. The molecule has 76 valence electrons. The highest BCUT2D eigenvalue weighted by atomic mass is 79.9. The van der Waals surface area contributed by atoms with Gasteiger partial charge in [0.05, 0.1) is 6.61 Å². The van der Waals surface area contributed by atoms with Crippen molar-refractivity contribution in [2.24, 2.45) is 5.73 Å². The van der Waals surface area contributed by atoms with Crippen LogP contribution in [0.15, 0.2) is 16.6 Å². The Morgan fingerprint density at radius 2 is 2.36 bits per heavy atom. The van der Waals surface area contributed by atoms with Gasteiger partial charge in [0.2, 0.25) is 0 Å². The van der Waals surface area contributed by atoms with Crippen LogP contribution >= 0.6 is 15.9 Å². The van der Waals surface area contributed by atoms with E-state index >= 15 is 0 Å². The van der Waals surface area contributed by atoms with Gasteiger partial charge in [-0.2, -0.15) is 0 Å². The molecule has 0 bridgehead atoms. The summed E-state index contributed by atoms with van der Waals surface area (Å²) in [7, 11) is 0. The van der Waals surface area contributed by atoms with E-state index in [4.69, 9.17) is 10.5 Å². The molecule has 1 aliphatic heterocycles. The third-order valence-electron chi connectivity index (χ3n) is 2.62. The average molecular weight is 256 g/mol. The molecular weight excluding hydrogens is 242 g/mol. The molecule has 0 saturated heterocycles. The molecule has 1 aromatic carbocycles. The smallest absolute Gasteiger partial charge is 0.127 e. The van der Waals surface area contributed by atoms with E-state index in [1.807, 2.05) is 0 Å². The minimum atomic E-state index is 0.0827. The van der Waals surface area contributed by atoms with Crippen LogP contribution in [0, 0.1) is 0 Å². The largest absolute Gasteiger partial charge is 0.493 e. The summed E-state index contributed by atoms with van der Waals surface area (Å²) >= 11 is 3.50. The van der Waals surface area contributed by atoms with Crippen molar-refractivity contribution in [2.75, 3.05) is 6.61 Å².